The van der Waals surface area contributed by atoms with E-state index in [1.165, 1.54) is 11.1 Å². The Labute approximate surface area is 113 Å². The van der Waals surface area contributed by atoms with Gasteiger partial charge in [-0.25, -0.2) is 0 Å². The van der Waals surface area contributed by atoms with E-state index in [2.05, 4.69) is 24.3 Å². The van der Waals surface area contributed by atoms with Crippen molar-refractivity contribution in [1.29, 1.82) is 0 Å². The maximum Gasteiger partial charge on any atom is 0.248 e. The molecule has 0 aromatic heterocycles. The lowest BCUT2D eigenvalue weighted by molar-refractivity contribution is 0.0999. The number of nitrogens with two attached hydrogens (primary N) is 1. The van der Waals surface area contributed by atoms with Gasteiger partial charge in [-0.3, -0.25) is 4.79 Å². The van der Waals surface area contributed by atoms with Crippen LogP contribution in [0, 0.1) is 0 Å². The summed E-state index contributed by atoms with van der Waals surface area (Å²) in [6, 6.07) is 16.3. The molecule has 0 fully saturated rings. The van der Waals surface area contributed by atoms with E-state index >= 15 is 0 Å². The Bertz CT molecular complexity index is 618. The lowest BCUT2D eigenvalue weighted by atomic mass is 9.79. The molecule has 0 bridgehead atoms. The molecule has 0 aliphatic heterocycles. The fourth-order valence-electron chi connectivity index (χ4n) is 3.04. The molecule has 96 valence electrons. The Balaban J connectivity index is 1.95. The molecule has 19 heavy (non-hydrogen) atoms. The van der Waals surface area contributed by atoms with Crippen LogP contribution in [0.1, 0.15) is 39.4 Å². The maximum absolute atomic E-state index is 11.5. The van der Waals surface area contributed by atoms with Crippen LogP contribution in [0.15, 0.2) is 48.5 Å². The molecule has 1 atom stereocenters. The van der Waals surface area contributed by atoms with Crippen LogP contribution in [0.2, 0.25) is 0 Å². The summed E-state index contributed by atoms with van der Waals surface area (Å²) in [6.45, 7) is 0. The average molecular weight is 251 g/mol. The number of hydrogen-bond acceptors (Lipinski definition) is 1. The third-order valence-electron chi connectivity index (χ3n) is 4.01. The van der Waals surface area contributed by atoms with Gasteiger partial charge < -0.3 is 5.73 Å². The van der Waals surface area contributed by atoms with Gasteiger partial charge in [-0.15, -0.1) is 0 Å². The molecule has 1 aliphatic carbocycles. The van der Waals surface area contributed by atoms with E-state index in [4.69, 9.17) is 5.73 Å². The zero-order valence-corrected chi connectivity index (χ0v) is 10.8. The molecule has 1 amide bonds. The Morgan fingerprint density at radius 1 is 1.00 bits per heavy atom. The fraction of sp³-hybridized carbons (Fsp3) is 0.235. The quantitative estimate of drug-likeness (QED) is 0.875. The highest BCUT2D eigenvalue weighted by Crippen LogP contribution is 2.33. The Hall–Kier alpha value is -2.09. The predicted octanol–water partition coefficient (Wildman–Crippen LogP) is 3.06. The Morgan fingerprint density at radius 3 is 2.47 bits per heavy atom. The van der Waals surface area contributed by atoms with Crippen molar-refractivity contribution in [3.63, 3.8) is 0 Å². The first-order valence-electron chi connectivity index (χ1n) is 6.71. The van der Waals surface area contributed by atoms with Crippen molar-refractivity contribution in [1.82, 2.24) is 0 Å². The predicted molar refractivity (Wildman–Crippen MR) is 76.2 cm³/mol. The number of aryl methyl sites for hydroxylation is 1. The first-order chi connectivity index (χ1) is 9.25. The number of amides is 1. The van der Waals surface area contributed by atoms with E-state index in [1.54, 1.807) is 0 Å². The van der Waals surface area contributed by atoms with E-state index in [0.717, 1.165) is 24.8 Å². The van der Waals surface area contributed by atoms with Crippen LogP contribution >= 0.6 is 0 Å². The first kappa shape index (κ1) is 12.0. The third kappa shape index (κ3) is 2.26. The first-order valence-corrected chi connectivity index (χ1v) is 6.71. The number of hydrogen-bond donors (Lipinski definition) is 1. The molecule has 2 heteroatoms. The van der Waals surface area contributed by atoms with Crippen LogP contribution in [0.4, 0.5) is 0 Å². The SMILES string of the molecule is NC(=O)c1ccccc1C1CCc2ccccc2C1. The van der Waals surface area contributed by atoms with Crippen LogP contribution in [0.3, 0.4) is 0 Å². The second-order valence-electron chi connectivity index (χ2n) is 5.16. The zero-order valence-electron chi connectivity index (χ0n) is 10.8. The summed E-state index contributed by atoms with van der Waals surface area (Å²) in [7, 11) is 0. The van der Waals surface area contributed by atoms with E-state index in [1.807, 2.05) is 24.3 Å². The van der Waals surface area contributed by atoms with Gasteiger partial charge in [0.1, 0.15) is 0 Å². The molecule has 2 aromatic carbocycles. The molecule has 2 N–H and O–H groups in total. The summed E-state index contributed by atoms with van der Waals surface area (Å²) in [5, 5.41) is 0. The van der Waals surface area contributed by atoms with Crippen LogP contribution in [0.5, 0.6) is 0 Å². The minimum Gasteiger partial charge on any atom is -0.366 e. The van der Waals surface area contributed by atoms with Gasteiger partial charge in [0.05, 0.1) is 0 Å². The molecule has 1 aliphatic rings. The van der Waals surface area contributed by atoms with Crippen molar-refractivity contribution in [2.75, 3.05) is 0 Å². The minimum absolute atomic E-state index is 0.325. The minimum atomic E-state index is -0.325. The molecule has 0 saturated heterocycles. The second kappa shape index (κ2) is 4.88. The monoisotopic (exact) mass is 251 g/mol. The van der Waals surface area contributed by atoms with Gasteiger partial charge in [-0.1, -0.05) is 42.5 Å². The van der Waals surface area contributed by atoms with Crippen molar-refractivity contribution in [2.45, 2.75) is 25.2 Å². The average Bonchev–Trinajstić information content (AvgIpc) is 2.46. The summed E-state index contributed by atoms with van der Waals surface area (Å²) in [4.78, 5) is 11.5. The van der Waals surface area contributed by atoms with Crippen LogP contribution < -0.4 is 5.73 Å². The van der Waals surface area contributed by atoms with Gasteiger partial charge in [-0.2, -0.15) is 0 Å². The number of rotatable bonds is 2. The largest absolute Gasteiger partial charge is 0.366 e. The molecule has 0 saturated carbocycles. The maximum atomic E-state index is 11.5. The Kier molecular flexibility index (Phi) is 3.08. The van der Waals surface area contributed by atoms with Gasteiger partial charge in [0.25, 0.3) is 0 Å². The third-order valence-corrected chi connectivity index (χ3v) is 4.01. The van der Waals surface area contributed by atoms with Crippen molar-refractivity contribution >= 4 is 5.91 Å². The van der Waals surface area contributed by atoms with Gasteiger partial charge in [0.15, 0.2) is 0 Å². The number of benzene rings is 2. The summed E-state index contributed by atoms with van der Waals surface area (Å²) in [5.74, 6) is 0.0769. The second-order valence-corrected chi connectivity index (χ2v) is 5.16. The van der Waals surface area contributed by atoms with Gasteiger partial charge in [-0.05, 0) is 47.9 Å². The highest BCUT2D eigenvalue weighted by atomic mass is 16.1. The number of carbonyl (C=O) groups is 1. The highest BCUT2D eigenvalue weighted by molar-refractivity contribution is 5.94. The summed E-state index contributed by atoms with van der Waals surface area (Å²) in [6.07, 6.45) is 3.16. The number of carbonyl (C=O) groups excluding carboxylic acids is 1. The number of primary amides is 1. The summed E-state index contributed by atoms with van der Waals surface area (Å²) < 4.78 is 0. The van der Waals surface area contributed by atoms with Crippen molar-refractivity contribution in [2.24, 2.45) is 5.73 Å². The lowest BCUT2D eigenvalue weighted by Crippen LogP contribution is -2.19. The van der Waals surface area contributed by atoms with E-state index in [0.29, 0.717) is 11.5 Å². The molecule has 3 rings (SSSR count). The molecule has 0 heterocycles. The molecule has 1 unspecified atom stereocenters. The molecule has 2 aromatic rings. The lowest BCUT2D eigenvalue weighted by Gasteiger charge is -2.26. The van der Waals surface area contributed by atoms with Crippen molar-refractivity contribution < 1.29 is 4.79 Å². The molecule has 0 spiro atoms. The normalized spacial score (nSPS) is 17.8. The van der Waals surface area contributed by atoms with Gasteiger partial charge >= 0.3 is 0 Å². The van der Waals surface area contributed by atoms with Crippen LogP contribution in [0.25, 0.3) is 0 Å². The topological polar surface area (TPSA) is 43.1 Å². The Morgan fingerprint density at radius 2 is 1.68 bits per heavy atom. The van der Waals surface area contributed by atoms with E-state index < -0.39 is 0 Å². The summed E-state index contributed by atoms with van der Waals surface area (Å²) in [5.41, 5.74) is 10.1. The molecule has 2 nitrogen and oxygen atoms in total. The van der Waals surface area contributed by atoms with Crippen LogP contribution in [-0.2, 0) is 12.8 Å². The van der Waals surface area contributed by atoms with Gasteiger partial charge in [0.2, 0.25) is 5.91 Å². The van der Waals surface area contributed by atoms with Crippen molar-refractivity contribution in [3.05, 3.63) is 70.8 Å². The standard InChI is InChI=1S/C17H17NO/c18-17(19)16-8-4-3-7-15(16)14-10-9-12-5-1-2-6-13(12)11-14/h1-8,14H,9-11H2,(H2,18,19). The smallest absolute Gasteiger partial charge is 0.248 e. The molecular weight excluding hydrogens is 234 g/mol. The molecule has 0 radical (unpaired) electrons. The number of fused-ring (bicyclic) bond motifs is 1. The van der Waals surface area contributed by atoms with E-state index in [9.17, 15) is 4.79 Å². The fourth-order valence-corrected chi connectivity index (χ4v) is 3.04. The molecular formula is C17H17NO. The van der Waals surface area contributed by atoms with Crippen LogP contribution in [-0.4, -0.2) is 5.91 Å². The zero-order chi connectivity index (χ0) is 13.2. The summed E-state index contributed by atoms with van der Waals surface area (Å²) >= 11 is 0. The van der Waals surface area contributed by atoms with E-state index in [-0.39, 0.29) is 5.91 Å². The highest BCUT2D eigenvalue weighted by Gasteiger charge is 2.22. The van der Waals surface area contributed by atoms with Crippen molar-refractivity contribution in [3.8, 4) is 0 Å². The van der Waals surface area contributed by atoms with Gasteiger partial charge in [0, 0.05) is 5.56 Å².